The van der Waals surface area contributed by atoms with E-state index >= 15 is 0 Å². The van der Waals surface area contributed by atoms with Gasteiger partial charge in [-0.05, 0) is 18.1 Å². The fourth-order valence-corrected chi connectivity index (χ4v) is 2.95. The van der Waals surface area contributed by atoms with E-state index in [1.54, 1.807) is 26.0 Å². The third kappa shape index (κ3) is 6.06. The van der Waals surface area contributed by atoms with Gasteiger partial charge >= 0.3 is 19.1 Å². The maximum Gasteiger partial charge on any atom is 0.526 e. The van der Waals surface area contributed by atoms with Gasteiger partial charge in [0.2, 0.25) is 6.29 Å². The molecule has 2 atom stereocenters. The summed E-state index contributed by atoms with van der Waals surface area (Å²) in [5.41, 5.74) is 0.762. The van der Waals surface area contributed by atoms with Gasteiger partial charge in [0, 0.05) is 32.0 Å². The molecule has 1 aliphatic heterocycles. The molecule has 0 spiro atoms. The first-order valence-electron chi connectivity index (χ1n) is 9.49. The minimum atomic E-state index is -1.27. The van der Waals surface area contributed by atoms with Crippen molar-refractivity contribution in [3.63, 3.8) is 0 Å². The Balaban J connectivity index is 2.08. The van der Waals surface area contributed by atoms with Crippen LogP contribution in [0.1, 0.15) is 56.0 Å². The molecule has 1 N–H and O–H groups in total. The molecule has 0 amide bonds. The molecule has 154 valence electrons. The molecule has 0 fully saturated rings. The van der Waals surface area contributed by atoms with Crippen molar-refractivity contribution in [1.82, 2.24) is 0 Å². The van der Waals surface area contributed by atoms with Crippen molar-refractivity contribution in [3.8, 4) is 11.8 Å². The van der Waals surface area contributed by atoms with Crippen molar-refractivity contribution in [2.24, 2.45) is 5.92 Å². The summed E-state index contributed by atoms with van der Waals surface area (Å²) in [7, 11) is -1.27. The monoisotopic (exact) mass is 401 g/mol. The van der Waals surface area contributed by atoms with Crippen LogP contribution in [0.5, 0.6) is 5.75 Å². The van der Waals surface area contributed by atoms with E-state index in [0.29, 0.717) is 12.0 Å². The fraction of sp³-hybridized carbons (Fsp3) is 0.500. The number of benzene rings is 1. The number of ether oxygens (including phenoxy) is 2. The standard InChI is InChI=1S/C20H24BNO7/c1-12(2)19(24)27-13(3)28-20(25)17-8-4-6-14-10-15(21(26)29-18(14)17)11-16(23)7-5-9-22/h4,6,8,12-13,15,26H,5,7,10-11H2,1-3H3/t13?,15-/m1/s1. The van der Waals surface area contributed by atoms with Gasteiger partial charge in [-0.2, -0.15) is 5.26 Å². The SMILES string of the molecule is CC(OC(=O)c1cccc2c1OB(O)[C@@H](CC(=O)CCC#N)C2)OC(=O)C(C)C. The van der Waals surface area contributed by atoms with Gasteiger partial charge < -0.3 is 19.2 Å². The van der Waals surface area contributed by atoms with Crippen LogP contribution in [0.15, 0.2) is 18.2 Å². The van der Waals surface area contributed by atoms with Crippen molar-refractivity contribution in [2.75, 3.05) is 0 Å². The van der Waals surface area contributed by atoms with Crippen LogP contribution in [0, 0.1) is 17.2 Å². The van der Waals surface area contributed by atoms with E-state index < -0.39 is 31.2 Å². The summed E-state index contributed by atoms with van der Waals surface area (Å²) >= 11 is 0. The second-order valence-corrected chi connectivity index (χ2v) is 7.23. The van der Waals surface area contributed by atoms with Gasteiger partial charge in [0.25, 0.3) is 0 Å². The summed E-state index contributed by atoms with van der Waals surface area (Å²) in [4.78, 5) is 36.0. The molecule has 0 bridgehead atoms. The molecular formula is C20H24BNO7. The van der Waals surface area contributed by atoms with Gasteiger partial charge in [-0.25, -0.2) is 4.79 Å². The summed E-state index contributed by atoms with van der Waals surface area (Å²) in [6.45, 7) is 4.77. The number of esters is 2. The molecule has 0 radical (unpaired) electrons. The molecule has 0 aliphatic carbocycles. The molecule has 8 nitrogen and oxygen atoms in total. The molecule has 0 aromatic heterocycles. The first-order chi connectivity index (χ1) is 13.7. The van der Waals surface area contributed by atoms with Crippen molar-refractivity contribution >= 4 is 24.8 Å². The Bertz CT molecular complexity index is 818. The number of nitriles is 1. The van der Waals surface area contributed by atoms with Crippen LogP contribution in [0.25, 0.3) is 0 Å². The number of carbonyl (C=O) groups excluding carboxylic acids is 3. The second kappa shape index (κ2) is 10.1. The highest BCUT2D eigenvalue weighted by atomic mass is 16.7. The third-order valence-electron chi connectivity index (χ3n) is 4.47. The maximum absolute atomic E-state index is 12.5. The number of fused-ring (bicyclic) bond motifs is 1. The van der Waals surface area contributed by atoms with Gasteiger partial charge in [0.15, 0.2) is 0 Å². The Hall–Kier alpha value is -2.86. The quantitative estimate of drug-likeness (QED) is 0.400. The number of carbonyl (C=O) groups is 3. The Labute approximate surface area is 169 Å². The molecule has 1 aromatic carbocycles. The zero-order chi connectivity index (χ0) is 21.6. The van der Waals surface area contributed by atoms with Crippen molar-refractivity contribution < 1.29 is 33.5 Å². The number of nitrogens with zero attached hydrogens (tertiary/aromatic N) is 1. The number of para-hydroxylation sites is 1. The predicted molar refractivity (Wildman–Crippen MR) is 103 cm³/mol. The van der Waals surface area contributed by atoms with Crippen molar-refractivity contribution in [3.05, 3.63) is 29.3 Å². The highest BCUT2D eigenvalue weighted by molar-refractivity contribution is 6.47. The summed E-state index contributed by atoms with van der Waals surface area (Å²) in [6.07, 6.45) is -0.389. The van der Waals surface area contributed by atoms with Gasteiger partial charge in [-0.15, -0.1) is 0 Å². The van der Waals surface area contributed by atoms with Crippen LogP contribution in [0.4, 0.5) is 0 Å². The lowest BCUT2D eigenvalue weighted by Gasteiger charge is -2.28. The normalized spacial score (nSPS) is 16.3. The summed E-state index contributed by atoms with van der Waals surface area (Å²) in [6, 6.07) is 6.80. The van der Waals surface area contributed by atoms with Crippen LogP contribution in [0.2, 0.25) is 5.82 Å². The van der Waals surface area contributed by atoms with Crippen LogP contribution >= 0.6 is 0 Å². The molecule has 1 heterocycles. The van der Waals surface area contributed by atoms with E-state index in [2.05, 4.69) is 0 Å². The molecule has 1 aliphatic rings. The number of hydrogen-bond donors (Lipinski definition) is 1. The van der Waals surface area contributed by atoms with Crippen molar-refractivity contribution in [2.45, 2.75) is 58.6 Å². The molecule has 0 saturated carbocycles. The first-order valence-corrected chi connectivity index (χ1v) is 9.49. The minimum Gasteiger partial charge on any atom is -0.535 e. The smallest absolute Gasteiger partial charge is 0.526 e. The lowest BCUT2D eigenvalue weighted by Crippen LogP contribution is -2.36. The topological polar surface area (TPSA) is 123 Å². The highest BCUT2D eigenvalue weighted by Gasteiger charge is 2.38. The first kappa shape index (κ1) is 22.4. The highest BCUT2D eigenvalue weighted by Crippen LogP contribution is 2.36. The van der Waals surface area contributed by atoms with E-state index in [1.807, 2.05) is 6.07 Å². The molecule has 29 heavy (non-hydrogen) atoms. The number of hydrogen-bond acceptors (Lipinski definition) is 8. The Kier molecular flexibility index (Phi) is 7.79. The summed E-state index contributed by atoms with van der Waals surface area (Å²) < 4.78 is 15.7. The number of Topliss-reactive ketones (excluding diaryl/α,β-unsaturated/α-hetero) is 1. The zero-order valence-corrected chi connectivity index (χ0v) is 16.7. The lowest BCUT2D eigenvalue weighted by atomic mass is 9.64. The molecule has 1 aromatic rings. The van der Waals surface area contributed by atoms with Gasteiger partial charge in [0.1, 0.15) is 17.1 Å². The number of rotatable bonds is 8. The Morgan fingerprint density at radius 2 is 2.03 bits per heavy atom. The lowest BCUT2D eigenvalue weighted by molar-refractivity contribution is -0.169. The fourth-order valence-electron chi connectivity index (χ4n) is 2.95. The van der Waals surface area contributed by atoms with E-state index in [4.69, 9.17) is 19.4 Å². The van der Waals surface area contributed by atoms with Gasteiger partial charge in [0.05, 0.1) is 12.0 Å². The summed E-state index contributed by atoms with van der Waals surface area (Å²) in [5, 5.41) is 18.9. The molecular weight excluding hydrogens is 377 g/mol. The van der Waals surface area contributed by atoms with Crippen LogP contribution in [0.3, 0.4) is 0 Å². The predicted octanol–water partition coefficient (Wildman–Crippen LogP) is 2.44. The second-order valence-electron chi connectivity index (χ2n) is 7.23. The Morgan fingerprint density at radius 3 is 2.69 bits per heavy atom. The summed E-state index contributed by atoms with van der Waals surface area (Å²) in [5.74, 6) is -2.00. The van der Waals surface area contributed by atoms with E-state index in [9.17, 15) is 19.4 Å². The minimum absolute atomic E-state index is 0.0825. The average Bonchev–Trinajstić information content (AvgIpc) is 2.66. The molecule has 1 unspecified atom stereocenters. The third-order valence-corrected chi connectivity index (χ3v) is 4.47. The van der Waals surface area contributed by atoms with Crippen LogP contribution in [-0.2, 0) is 25.5 Å². The van der Waals surface area contributed by atoms with E-state index in [-0.39, 0.29) is 42.3 Å². The molecule has 0 saturated heterocycles. The Morgan fingerprint density at radius 1 is 1.31 bits per heavy atom. The van der Waals surface area contributed by atoms with Crippen LogP contribution < -0.4 is 4.65 Å². The maximum atomic E-state index is 12.5. The average molecular weight is 401 g/mol. The zero-order valence-electron chi connectivity index (χ0n) is 16.7. The van der Waals surface area contributed by atoms with Crippen LogP contribution in [-0.4, -0.2) is 36.2 Å². The largest absolute Gasteiger partial charge is 0.535 e. The van der Waals surface area contributed by atoms with Gasteiger partial charge in [-0.3, -0.25) is 9.59 Å². The molecule has 2 rings (SSSR count). The van der Waals surface area contributed by atoms with Gasteiger partial charge in [-0.1, -0.05) is 26.0 Å². The van der Waals surface area contributed by atoms with E-state index in [0.717, 1.165) is 0 Å². The number of ketones is 1. The molecule has 9 heteroatoms. The van der Waals surface area contributed by atoms with Crippen molar-refractivity contribution in [1.29, 1.82) is 5.26 Å². The van der Waals surface area contributed by atoms with E-state index in [1.165, 1.54) is 13.0 Å².